The van der Waals surface area contributed by atoms with Crippen molar-refractivity contribution < 1.29 is 13.6 Å². The Morgan fingerprint density at radius 3 is 2.77 bits per heavy atom. The van der Waals surface area contributed by atoms with Gasteiger partial charge in [0.25, 0.3) is 5.91 Å². The number of halogens is 3. The van der Waals surface area contributed by atoms with Crippen LogP contribution in [0.25, 0.3) is 5.70 Å². The molecule has 8 heteroatoms. The summed E-state index contributed by atoms with van der Waals surface area (Å²) in [4.78, 5) is 15.9. The fourth-order valence-corrected chi connectivity index (χ4v) is 2.33. The maximum absolute atomic E-state index is 13.2. The van der Waals surface area contributed by atoms with Crippen molar-refractivity contribution in [3.8, 4) is 0 Å². The SMILES string of the molecule is NC(=O)C(C1=NC(CF)CNC1)=C(N)c1ccc(F)c(Cl)c1. The summed E-state index contributed by atoms with van der Waals surface area (Å²) in [5.41, 5.74) is 12.0. The molecule has 1 aliphatic rings. The Kier molecular flexibility index (Phi) is 5.10. The molecule has 0 radical (unpaired) electrons. The van der Waals surface area contributed by atoms with Crippen LogP contribution in [-0.2, 0) is 4.79 Å². The number of carbonyl (C=O) groups is 1. The minimum absolute atomic E-state index is 0.0201. The zero-order valence-corrected chi connectivity index (χ0v) is 12.3. The first-order valence-electron chi connectivity index (χ1n) is 6.52. The molecule has 0 saturated carbocycles. The molecule has 1 amide bonds. The predicted octanol–water partition coefficient (Wildman–Crippen LogP) is 1.02. The average molecular weight is 329 g/mol. The summed E-state index contributed by atoms with van der Waals surface area (Å²) in [6, 6.07) is 3.21. The van der Waals surface area contributed by atoms with Crippen LogP contribution >= 0.6 is 11.6 Å². The summed E-state index contributed by atoms with van der Waals surface area (Å²) in [6.45, 7) is -0.0520. The van der Waals surface area contributed by atoms with Gasteiger partial charge in [-0.15, -0.1) is 0 Å². The molecule has 0 bridgehead atoms. The highest BCUT2D eigenvalue weighted by Gasteiger charge is 2.23. The molecule has 1 atom stereocenters. The Morgan fingerprint density at radius 2 is 2.18 bits per heavy atom. The Labute approximate surface area is 131 Å². The molecule has 0 aromatic heterocycles. The number of aliphatic imine (C=N–C) groups is 1. The second-order valence-corrected chi connectivity index (χ2v) is 5.20. The summed E-state index contributed by atoms with van der Waals surface area (Å²) in [5, 5.41) is 2.81. The normalized spacial score (nSPS) is 19.4. The third-order valence-electron chi connectivity index (χ3n) is 3.22. The lowest BCUT2D eigenvalue weighted by molar-refractivity contribution is -0.114. The van der Waals surface area contributed by atoms with E-state index in [1.54, 1.807) is 0 Å². The van der Waals surface area contributed by atoms with Crippen molar-refractivity contribution in [3.63, 3.8) is 0 Å². The van der Waals surface area contributed by atoms with E-state index in [0.29, 0.717) is 12.1 Å². The van der Waals surface area contributed by atoms with Crippen LogP contribution in [0.3, 0.4) is 0 Å². The van der Waals surface area contributed by atoms with Gasteiger partial charge in [-0.25, -0.2) is 8.78 Å². The smallest absolute Gasteiger partial charge is 0.252 e. The third-order valence-corrected chi connectivity index (χ3v) is 3.51. The quantitative estimate of drug-likeness (QED) is 0.720. The van der Waals surface area contributed by atoms with Crippen LogP contribution in [0, 0.1) is 5.82 Å². The van der Waals surface area contributed by atoms with Crippen molar-refractivity contribution in [1.29, 1.82) is 0 Å². The maximum Gasteiger partial charge on any atom is 0.252 e. The molecule has 0 spiro atoms. The lowest BCUT2D eigenvalue weighted by atomic mass is 10.0. The van der Waals surface area contributed by atoms with Crippen LogP contribution < -0.4 is 16.8 Å². The molecule has 5 nitrogen and oxygen atoms in total. The lowest BCUT2D eigenvalue weighted by Gasteiger charge is -2.21. The number of rotatable bonds is 4. The molecule has 1 aromatic rings. The van der Waals surface area contributed by atoms with Gasteiger partial charge in [-0.2, -0.15) is 0 Å². The van der Waals surface area contributed by atoms with Crippen LogP contribution in [0.2, 0.25) is 5.02 Å². The van der Waals surface area contributed by atoms with E-state index < -0.39 is 24.4 Å². The van der Waals surface area contributed by atoms with E-state index in [1.165, 1.54) is 12.1 Å². The second kappa shape index (κ2) is 6.85. The van der Waals surface area contributed by atoms with Gasteiger partial charge in [0.1, 0.15) is 12.5 Å². The summed E-state index contributed by atoms with van der Waals surface area (Å²) in [5.74, 6) is -1.40. The molecule has 118 valence electrons. The molecular weight excluding hydrogens is 314 g/mol. The van der Waals surface area contributed by atoms with Crippen molar-refractivity contribution in [1.82, 2.24) is 5.32 Å². The largest absolute Gasteiger partial charge is 0.398 e. The summed E-state index contributed by atoms with van der Waals surface area (Å²) in [6.07, 6.45) is 0. The number of alkyl halides is 1. The number of carbonyl (C=O) groups excluding carboxylic acids is 1. The molecule has 1 heterocycles. The number of primary amides is 1. The van der Waals surface area contributed by atoms with Gasteiger partial charge >= 0.3 is 0 Å². The van der Waals surface area contributed by atoms with Gasteiger partial charge in [-0.3, -0.25) is 9.79 Å². The van der Waals surface area contributed by atoms with Crippen LogP contribution in [0.5, 0.6) is 0 Å². The minimum Gasteiger partial charge on any atom is -0.398 e. The summed E-state index contributed by atoms with van der Waals surface area (Å²) < 4.78 is 26.0. The Morgan fingerprint density at radius 1 is 1.45 bits per heavy atom. The lowest BCUT2D eigenvalue weighted by Crippen LogP contribution is -2.41. The van der Waals surface area contributed by atoms with Gasteiger partial charge in [0.05, 0.1) is 28.0 Å². The van der Waals surface area contributed by atoms with Gasteiger partial charge in [0, 0.05) is 13.1 Å². The molecule has 0 aliphatic carbocycles. The van der Waals surface area contributed by atoms with E-state index in [2.05, 4.69) is 10.3 Å². The number of nitrogens with zero attached hydrogens (tertiary/aromatic N) is 1. The second-order valence-electron chi connectivity index (χ2n) is 4.80. The van der Waals surface area contributed by atoms with E-state index in [1.807, 2.05) is 0 Å². The molecule has 1 aromatic carbocycles. The average Bonchev–Trinajstić information content (AvgIpc) is 2.50. The number of hydrogen-bond acceptors (Lipinski definition) is 4. The molecule has 22 heavy (non-hydrogen) atoms. The highest BCUT2D eigenvalue weighted by atomic mass is 35.5. The molecular formula is C14H15ClF2N4O. The number of benzene rings is 1. The van der Waals surface area contributed by atoms with Gasteiger partial charge in [-0.1, -0.05) is 11.6 Å². The first-order chi connectivity index (χ1) is 10.4. The number of nitrogens with one attached hydrogen (secondary N) is 1. The standard InChI is InChI=1S/C14H15ClF2N4O/c15-9-3-7(1-2-10(9)17)13(18)12(14(19)22)11-6-20-5-8(4-16)21-11/h1-3,8,20H,4-6,18H2,(H2,19,22). The van der Waals surface area contributed by atoms with E-state index in [0.717, 1.165) is 6.07 Å². The molecule has 0 fully saturated rings. The van der Waals surface area contributed by atoms with Crippen molar-refractivity contribution in [2.75, 3.05) is 19.8 Å². The van der Waals surface area contributed by atoms with Crippen LogP contribution in [0.1, 0.15) is 5.56 Å². The number of hydrogen-bond donors (Lipinski definition) is 3. The van der Waals surface area contributed by atoms with Gasteiger partial charge in [-0.05, 0) is 23.8 Å². The van der Waals surface area contributed by atoms with E-state index in [9.17, 15) is 13.6 Å². The van der Waals surface area contributed by atoms with Gasteiger partial charge < -0.3 is 16.8 Å². The minimum atomic E-state index is -0.794. The first-order valence-corrected chi connectivity index (χ1v) is 6.90. The molecule has 1 aliphatic heterocycles. The van der Waals surface area contributed by atoms with Crippen LogP contribution in [-0.4, -0.2) is 37.4 Å². The summed E-state index contributed by atoms with van der Waals surface area (Å²) in [7, 11) is 0. The fraction of sp³-hybridized carbons (Fsp3) is 0.286. The van der Waals surface area contributed by atoms with Gasteiger partial charge in [0.2, 0.25) is 0 Å². The highest BCUT2D eigenvalue weighted by molar-refractivity contribution is 6.31. The molecule has 1 unspecified atom stereocenters. The first kappa shape index (κ1) is 16.4. The van der Waals surface area contributed by atoms with E-state index in [-0.39, 0.29) is 28.5 Å². The van der Waals surface area contributed by atoms with Crippen LogP contribution in [0.4, 0.5) is 8.78 Å². The Bertz CT molecular complexity index is 660. The Balaban J connectivity index is 2.51. The van der Waals surface area contributed by atoms with Gasteiger partial charge in [0.15, 0.2) is 0 Å². The summed E-state index contributed by atoms with van der Waals surface area (Å²) >= 11 is 5.71. The Hall–Kier alpha value is -1.99. The van der Waals surface area contributed by atoms with Crippen molar-refractivity contribution >= 4 is 28.9 Å². The molecule has 5 N–H and O–H groups in total. The molecule has 2 rings (SSSR count). The topological polar surface area (TPSA) is 93.5 Å². The van der Waals surface area contributed by atoms with E-state index in [4.69, 9.17) is 23.1 Å². The highest BCUT2D eigenvalue weighted by Crippen LogP contribution is 2.22. The fourth-order valence-electron chi connectivity index (χ4n) is 2.15. The van der Waals surface area contributed by atoms with E-state index >= 15 is 0 Å². The number of nitrogens with two attached hydrogens (primary N) is 2. The predicted molar refractivity (Wildman–Crippen MR) is 81.8 cm³/mol. The van der Waals surface area contributed by atoms with Crippen molar-refractivity contribution in [2.45, 2.75) is 6.04 Å². The van der Waals surface area contributed by atoms with Crippen molar-refractivity contribution in [2.24, 2.45) is 16.5 Å². The zero-order chi connectivity index (χ0) is 16.3. The molecule has 0 saturated heterocycles. The van der Waals surface area contributed by atoms with Crippen molar-refractivity contribution in [3.05, 3.63) is 40.2 Å². The van der Waals surface area contributed by atoms with Crippen LogP contribution in [0.15, 0.2) is 28.8 Å². The number of amides is 1. The monoisotopic (exact) mass is 328 g/mol. The third kappa shape index (κ3) is 3.42. The zero-order valence-electron chi connectivity index (χ0n) is 11.6. The maximum atomic E-state index is 13.2.